The monoisotopic (exact) mass is 1410 g/mol. The highest BCUT2D eigenvalue weighted by molar-refractivity contribution is 5.99. The number of carbonyl (C=O) groups is 10. The number of benzene rings is 4. The minimum absolute atomic E-state index is 0. The van der Waals surface area contributed by atoms with Crippen molar-refractivity contribution in [3.05, 3.63) is 149 Å². The van der Waals surface area contributed by atoms with E-state index in [9.17, 15) is 48.6 Å². The number of aliphatic hydroxyl groups excluding tert-OH is 1. The van der Waals surface area contributed by atoms with Crippen molar-refractivity contribution in [3.8, 4) is 0 Å². The Bertz CT molecular complexity index is 3580. The molecule has 0 aromatic heterocycles. The van der Waals surface area contributed by atoms with Gasteiger partial charge in [-0.15, -0.1) is 0 Å². The van der Waals surface area contributed by atoms with E-state index >= 15 is 9.59 Å². The van der Waals surface area contributed by atoms with Gasteiger partial charge in [0.15, 0.2) is 17.5 Å². The summed E-state index contributed by atoms with van der Waals surface area (Å²) in [5, 5.41) is 37.7. The molecule has 4 aliphatic rings. The number of nitrogens with one attached hydrogen (secondary N) is 4. The fourth-order valence-electron chi connectivity index (χ4n) is 13.8. The molecule has 1 heterocycles. The Morgan fingerprint density at radius 1 is 0.727 bits per heavy atom. The average Bonchev–Trinajstić information content (AvgIpc) is 0.669. The van der Waals surface area contributed by atoms with Gasteiger partial charge in [-0.2, -0.15) is 0 Å². The van der Waals surface area contributed by atoms with Crippen molar-refractivity contribution < 1.29 is 116 Å². The van der Waals surface area contributed by atoms with E-state index in [1.54, 1.807) is 80.6 Å². The summed E-state index contributed by atoms with van der Waals surface area (Å²) >= 11 is 0. The summed E-state index contributed by atoms with van der Waals surface area (Å²) in [6.45, 7) is 14.9. The highest BCUT2D eigenvalue weighted by Crippen LogP contribution is 2.64. The average molecular weight is 1410 g/mol. The lowest BCUT2D eigenvalue weighted by molar-refractivity contribution is -0.346. The molecule has 99 heavy (non-hydrogen) atoms. The topological polar surface area (TPSA) is 376 Å². The number of anilines is 1. The normalized spacial score (nSPS) is 24.9. The van der Waals surface area contributed by atoms with Crippen molar-refractivity contribution in [3.63, 3.8) is 0 Å². The van der Waals surface area contributed by atoms with Crippen LogP contribution < -0.4 is 57.5 Å². The van der Waals surface area contributed by atoms with Crippen LogP contribution in [0.3, 0.4) is 0 Å². The lowest BCUT2D eigenvalue weighted by Crippen LogP contribution is -3.00. The summed E-state index contributed by atoms with van der Waals surface area (Å²) in [7, 11) is 0. The zero-order valence-electron chi connectivity index (χ0n) is 57.1. The molecule has 10 N–H and O–H groups in total. The molecule has 14 atom stereocenters. The van der Waals surface area contributed by atoms with Crippen molar-refractivity contribution in [2.24, 2.45) is 40.1 Å². The predicted octanol–water partition coefficient (Wildman–Crippen LogP) is 0.171. The van der Waals surface area contributed by atoms with Crippen LogP contribution in [0.25, 0.3) is 0 Å². The molecule has 25 nitrogen and oxygen atoms in total. The molecule has 538 valence electrons. The first-order valence-electron chi connectivity index (χ1n) is 32.7. The van der Waals surface area contributed by atoms with Crippen LogP contribution >= 0.6 is 0 Å². The van der Waals surface area contributed by atoms with Gasteiger partial charge in [0, 0.05) is 43.4 Å². The number of esters is 4. The third-order valence-corrected chi connectivity index (χ3v) is 19.2. The Labute approximate surface area is 588 Å². The van der Waals surface area contributed by atoms with Gasteiger partial charge in [-0.25, -0.2) is 14.4 Å². The Morgan fingerprint density at radius 3 is 1.88 bits per heavy atom. The molecular weight excluding hydrogens is 1320 g/mol. The second-order valence-corrected chi connectivity index (χ2v) is 27.0. The third-order valence-electron chi connectivity index (χ3n) is 19.2. The van der Waals surface area contributed by atoms with E-state index in [0.29, 0.717) is 30.6 Å². The molecule has 1 saturated heterocycles. The molecule has 4 amide bonds. The highest BCUT2D eigenvalue weighted by Gasteiger charge is 2.78. The first-order chi connectivity index (χ1) is 45.9. The fraction of sp³-hybridized carbons (Fsp3) is 0.500. The number of amides is 4. The Balaban J connectivity index is 0.00000773. The molecule has 1 aliphatic heterocycles. The van der Waals surface area contributed by atoms with Crippen molar-refractivity contribution in [1.29, 1.82) is 0 Å². The molecular formula is C72H90Cl2N6O19-2. The van der Waals surface area contributed by atoms with Crippen LogP contribution in [-0.2, 0) is 73.3 Å². The summed E-state index contributed by atoms with van der Waals surface area (Å²) in [5.41, 5.74) is 4.46. The summed E-state index contributed by atoms with van der Waals surface area (Å²) in [6, 6.07) is 25.3. The number of aliphatic hydroxyl groups is 2. The van der Waals surface area contributed by atoms with Gasteiger partial charge >= 0.3 is 30.0 Å². The molecule has 4 aromatic rings. The maximum absolute atomic E-state index is 15.9. The van der Waals surface area contributed by atoms with Gasteiger partial charge < -0.3 is 101 Å². The van der Waals surface area contributed by atoms with Gasteiger partial charge in [-0.1, -0.05) is 120 Å². The molecule has 0 radical (unpaired) electrons. The van der Waals surface area contributed by atoms with Crippen LogP contribution in [0.4, 0.5) is 10.5 Å². The number of hydrogen-bond donors (Lipinski definition) is 8. The van der Waals surface area contributed by atoms with Gasteiger partial charge in [-0.3, -0.25) is 33.6 Å². The minimum atomic E-state index is -2.55. The summed E-state index contributed by atoms with van der Waals surface area (Å²) in [6.07, 6.45) is -11.4. The van der Waals surface area contributed by atoms with Gasteiger partial charge in [0.25, 0.3) is 5.91 Å². The molecule has 4 aromatic carbocycles. The van der Waals surface area contributed by atoms with E-state index in [1.165, 1.54) is 76.2 Å². The first kappa shape index (κ1) is 79.7. The van der Waals surface area contributed by atoms with Crippen LogP contribution in [0.5, 0.6) is 0 Å². The highest BCUT2D eigenvalue weighted by atomic mass is 35.5. The number of fused-ring (bicyclic) bond motifs is 5. The molecule has 8 rings (SSSR count). The molecule has 2 saturated carbocycles. The van der Waals surface area contributed by atoms with Crippen molar-refractivity contribution in [2.45, 2.75) is 186 Å². The second kappa shape index (κ2) is 33.7. The maximum Gasteiger partial charge on any atom is 0.509 e. The van der Waals surface area contributed by atoms with E-state index in [1.807, 2.05) is 13.8 Å². The number of ether oxygens (including phenoxy) is 7. The summed E-state index contributed by atoms with van der Waals surface area (Å²) in [5.74, 6) is -9.30. The van der Waals surface area contributed by atoms with E-state index in [0.717, 1.165) is 13.8 Å². The van der Waals surface area contributed by atoms with E-state index in [4.69, 9.17) is 44.6 Å². The van der Waals surface area contributed by atoms with E-state index in [2.05, 4.69) is 21.3 Å². The van der Waals surface area contributed by atoms with E-state index in [-0.39, 0.29) is 83.7 Å². The zero-order valence-corrected chi connectivity index (χ0v) is 58.6. The SMILES string of the molecule is CC(=O)O[C@H]1C(=O)[C@@]2(C)C(C(OC(=O)c3ccccc3)[C@]3(O)C[C@H](OC(=O)[C@H](OC(=O)OCc4ccc(NC(=O)[C@H](CCCCN)NC(=O)[C@H](CC(C)C)NC(=O)[C@H](N)C(C)C)cc4)[C@@H](NC(=O)c4ccccc4)c4ccccc4)C(C)=C1C3(C)C)[C@]1(OC(C)=O)CO[C@@H]1C[C@@H]2O.[Cl-].[Cl-]. The number of unbranched alkanes of at least 4 members (excludes halogenated alkanes) is 1. The second-order valence-electron chi connectivity index (χ2n) is 27.0. The molecule has 27 heteroatoms. The van der Waals surface area contributed by atoms with Crippen LogP contribution in [0.1, 0.15) is 146 Å². The number of rotatable bonds is 26. The van der Waals surface area contributed by atoms with Crippen LogP contribution in [-0.4, -0.2) is 149 Å². The molecule has 0 spiro atoms. The van der Waals surface area contributed by atoms with E-state index < -0.39 is 168 Å². The van der Waals surface area contributed by atoms with Gasteiger partial charge in [0.1, 0.15) is 48.6 Å². The zero-order chi connectivity index (χ0) is 70.9. The number of carbonyl (C=O) groups excluding carboxylic acids is 10. The largest absolute Gasteiger partial charge is 1.00 e. The molecule has 3 fully saturated rings. The van der Waals surface area contributed by atoms with Gasteiger partial charge in [-0.05, 0) is 117 Å². The molecule has 2 bridgehead atoms. The Morgan fingerprint density at radius 2 is 1.32 bits per heavy atom. The minimum Gasteiger partial charge on any atom is -1.00 e. The number of hydrogen-bond acceptors (Lipinski definition) is 21. The quantitative estimate of drug-likeness (QED) is 0.0180. The summed E-state index contributed by atoms with van der Waals surface area (Å²) in [4.78, 5) is 142. The number of nitrogens with two attached hydrogens (primary N) is 2. The number of halogens is 2. The van der Waals surface area contributed by atoms with Crippen LogP contribution in [0.2, 0.25) is 0 Å². The third kappa shape index (κ3) is 17.5. The lowest BCUT2D eigenvalue weighted by Gasteiger charge is -2.67. The van der Waals surface area contributed by atoms with Crippen molar-refractivity contribution in [1.82, 2.24) is 16.0 Å². The standard InChI is InChI=1S/C72H90N6O19.2ClH/c1-39(2)34-50(77-65(86)55(74)40(3)4)64(85)76-49(28-20-21-33-73)63(84)75-48-31-29-44(30-32-48)37-91-68(89)95-58(56(45-22-14-11-15-23-45)78-62(83)46-24-16-12-17-25-46)67(88)94-51-36-72(90)61(96-66(87)47-26-18-13-19-27-47)59-70(10,52(81)35-53-71(59,38-92-53)97-43(7)80)60(82)57(93-42(6)79)54(41(51)5)69(72,8)9;;/h11-19,22-27,29-32,39-40,49-53,55-59,61,81,90H,20-21,28,33-38,73-74H2,1-10H3,(H,75,84)(H,76,85)(H,77,86)(H,78,83);2*1H/p-2/t49-,50-,51-,52-,53+,55+,56-,57+,58+,59?,61?,70+,71-,72+;;/m0../s1. The van der Waals surface area contributed by atoms with Gasteiger partial charge in [0.05, 0.1) is 35.6 Å². The lowest BCUT2D eigenvalue weighted by atomic mass is 9.44. The Kier molecular flexibility index (Phi) is 27.1. The van der Waals surface area contributed by atoms with Gasteiger partial charge in [0.2, 0.25) is 23.8 Å². The number of Topliss-reactive ketones (excluding diaryl/α,β-unsaturated/α-hetero) is 1. The molecule has 2 unspecified atom stereocenters. The van der Waals surface area contributed by atoms with Crippen LogP contribution in [0.15, 0.2) is 126 Å². The fourth-order valence-corrected chi connectivity index (χ4v) is 13.8. The first-order valence-corrected chi connectivity index (χ1v) is 32.7. The predicted molar refractivity (Wildman–Crippen MR) is 351 cm³/mol. The number of ketones is 1. The van der Waals surface area contributed by atoms with Crippen molar-refractivity contribution >= 4 is 65.1 Å². The molecule has 3 aliphatic carbocycles. The Hall–Kier alpha value is -8.30. The van der Waals surface area contributed by atoms with Crippen molar-refractivity contribution in [2.75, 3.05) is 18.5 Å². The smallest absolute Gasteiger partial charge is 0.509 e. The maximum atomic E-state index is 15.9. The summed E-state index contributed by atoms with van der Waals surface area (Å²) < 4.78 is 42.7. The van der Waals surface area contributed by atoms with Crippen LogP contribution in [0, 0.1) is 28.6 Å².